The molecule has 3 aromatic rings. The summed E-state index contributed by atoms with van der Waals surface area (Å²) >= 11 is 0. The molecule has 94 valence electrons. The third-order valence-corrected chi connectivity index (χ3v) is 2.92. The first-order chi connectivity index (χ1) is 9.15. The van der Waals surface area contributed by atoms with Gasteiger partial charge in [0.25, 0.3) is 0 Å². The predicted octanol–water partition coefficient (Wildman–Crippen LogP) is 2.87. The molecule has 0 aliphatic carbocycles. The van der Waals surface area contributed by atoms with Crippen LogP contribution in [0.3, 0.4) is 0 Å². The highest BCUT2D eigenvalue weighted by Gasteiger charge is 2.09. The monoisotopic (exact) mass is 254 g/mol. The van der Waals surface area contributed by atoms with Crippen LogP contribution in [-0.4, -0.2) is 10.2 Å². The summed E-state index contributed by atoms with van der Waals surface area (Å²) in [5, 5.41) is 19.5. The van der Waals surface area contributed by atoms with Crippen molar-refractivity contribution in [3.63, 3.8) is 0 Å². The van der Waals surface area contributed by atoms with Crippen LogP contribution >= 0.6 is 0 Å². The van der Waals surface area contributed by atoms with Crippen molar-refractivity contribution in [2.75, 3.05) is 0 Å². The Morgan fingerprint density at radius 1 is 0.947 bits per heavy atom. The zero-order valence-electron chi connectivity index (χ0n) is 9.83. The van der Waals surface area contributed by atoms with Gasteiger partial charge in [0.2, 0.25) is 0 Å². The molecule has 4 heteroatoms. The molecule has 0 amide bonds. The van der Waals surface area contributed by atoms with E-state index in [1.165, 1.54) is 18.2 Å². The molecule has 2 N–H and O–H groups in total. The predicted molar refractivity (Wildman–Crippen MR) is 71.2 cm³/mol. The molecule has 0 aliphatic rings. The Morgan fingerprint density at radius 2 is 1.68 bits per heavy atom. The molecule has 0 radical (unpaired) electrons. The summed E-state index contributed by atoms with van der Waals surface area (Å²) in [4.78, 5) is 11.9. The van der Waals surface area contributed by atoms with E-state index in [-0.39, 0.29) is 17.1 Å². The van der Waals surface area contributed by atoms with Crippen LogP contribution in [0, 0.1) is 0 Å². The lowest BCUT2D eigenvalue weighted by molar-refractivity contribution is 0.457. The largest absolute Gasteiger partial charge is 0.508 e. The molecule has 19 heavy (non-hydrogen) atoms. The maximum absolute atomic E-state index is 11.9. The lowest BCUT2D eigenvalue weighted by Crippen LogP contribution is -2.02. The molecule has 0 saturated carbocycles. The average molecular weight is 254 g/mol. The van der Waals surface area contributed by atoms with Crippen molar-refractivity contribution in [2.45, 2.75) is 0 Å². The molecule has 0 aliphatic heterocycles. The molecular weight excluding hydrogens is 244 g/mol. The van der Waals surface area contributed by atoms with E-state index in [0.29, 0.717) is 16.5 Å². The fraction of sp³-hybridized carbons (Fsp3) is 0. The highest BCUT2D eigenvalue weighted by atomic mass is 16.4. The van der Waals surface area contributed by atoms with Crippen LogP contribution in [0.15, 0.2) is 57.7 Å². The lowest BCUT2D eigenvalue weighted by Gasteiger charge is -2.03. The Bertz CT molecular complexity index is 800. The van der Waals surface area contributed by atoms with Gasteiger partial charge in [-0.1, -0.05) is 24.3 Å². The van der Waals surface area contributed by atoms with E-state index in [0.717, 1.165) is 0 Å². The maximum atomic E-state index is 11.9. The van der Waals surface area contributed by atoms with E-state index < -0.39 is 5.63 Å². The first-order valence-electron chi connectivity index (χ1n) is 5.70. The smallest absolute Gasteiger partial charge is 0.344 e. The highest BCUT2D eigenvalue weighted by Crippen LogP contribution is 2.27. The minimum Gasteiger partial charge on any atom is -0.508 e. The van der Waals surface area contributed by atoms with Gasteiger partial charge in [0.1, 0.15) is 5.75 Å². The molecule has 0 fully saturated rings. The van der Waals surface area contributed by atoms with Crippen LogP contribution in [0.2, 0.25) is 0 Å². The van der Waals surface area contributed by atoms with Crippen LogP contribution in [0.4, 0.5) is 0 Å². The van der Waals surface area contributed by atoms with Gasteiger partial charge in [-0.2, -0.15) is 0 Å². The Kier molecular flexibility index (Phi) is 2.49. The average Bonchev–Trinajstić information content (AvgIpc) is 2.40. The van der Waals surface area contributed by atoms with Gasteiger partial charge >= 0.3 is 5.63 Å². The molecule has 0 bridgehead atoms. The Hall–Kier alpha value is -2.75. The second kappa shape index (κ2) is 4.17. The van der Waals surface area contributed by atoms with Gasteiger partial charge in [-0.25, -0.2) is 4.79 Å². The van der Waals surface area contributed by atoms with Crippen molar-refractivity contribution < 1.29 is 14.6 Å². The minimum absolute atomic E-state index is 0.0631. The van der Waals surface area contributed by atoms with E-state index in [4.69, 9.17) is 4.42 Å². The van der Waals surface area contributed by atoms with Gasteiger partial charge in [-0.3, -0.25) is 0 Å². The van der Waals surface area contributed by atoms with Crippen LogP contribution < -0.4 is 5.63 Å². The van der Waals surface area contributed by atoms with Gasteiger partial charge in [0, 0.05) is 5.39 Å². The van der Waals surface area contributed by atoms with Crippen LogP contribution in [0.5, 0.6) is 11.5 Å². The zero-order valence-corrected chi connectivity index (χ0v) is 9.83. The fourth-order valence-corrected chi connectivity index (χ4v) is 1.97. The fourth-order valence-electron chi connectivity index (χ4n) is 1.97. The molecule has 0 spiro atoms. The second-order valence-electron chi connectivity index (χ2n) is 4.19. The molecular formula is C15H10O4. The van der Waals surface area contributed by atoms with Crippen LogP contribution in [0.25, 0.3) is 22.1 Å². The minimum atomic E-state index is -0.528. The summed E-state index contributed by atoms with van der Waals surface area (Å²) in [5.41, 5.74) is 0.685. The Labute approximate surface area is 108 Å². The second-order valence-corrected chi connectivity index (χ2v) is 4.19. The molecule has 2 aromatic carbocycles. The SMILES string of the molecule is O=c1oc2c(O)cccc2cc1-c1ccc(O)cc1. The summed E-state index contributed by atoms with van der Waals surface area (Å²) < 4.78 is 5.14. The van der Waals surface area contributed by atoms with Crippen molar-refractivity contribution in [3.8, 4) is 22.6 Å². The Morgan fingerprint density at radius 3 is 2.42 bits per heavy atom. The molecule has 1 aromatic heterocycles. The van der Waals surface area contributed by atoms with Gasteiger partial charge in [-0.15, -0.1) is 0 Å². The molecule has 0 unspecified atom stereocenters. The summed E-state index contributed by atoms with van der Waals surface area (Å²) in [6.07, 6.45) is 0. The van der Waals surface area contributed by atoms with E-state index in [1.807, 2.05) is 0 Å². The number of fused-ring (bicyclic) bond motifs is 1. The number of phenols is 2. The standard InChI is InChI=1S/C15H10O4/c16-11-6-4-9(5-7-11)12-8-10-2-1-3-13(17)14(10)19-15(12)18/h1-8,16-17H. The topological polar surface area (TPSA) is 70.7 Å². The van der Waals surface area contributed by atoms with Gasteiger partial charge < -0.3 is 14.6 Å². The number of hydrogen-bond donors (Lipinski definition) is 2. The number of hydrogen-bond acceptors (Lipinski definition) is 4. The van der Waals surface area contributed by atoms with Crippen molar-refractivity contribution >= 4 is 11.0 Å². The van der Waals surface area contributed by atoms with Crippen LogP contribution in [-0.2, 0) is 0 Å². The first-order valence-corrected chi connectivity index (χ1v) is 5.70. The van der Waals surface area contributed by atoms with E-state index in [2.05, 4.69) is 0 Å². The van der Waals surface area contributed by atoms with Gasteiger partial charge in [0.15, 0.2) is 11.3 Å². The number of benzene rings is 2. The zero-order chi connectivity index (χ0) is 13.4. The molecule has 3 rings (SSSR count). The van der Waals surface area contributed by atoms with E-state index in [1.54, 1.807) is 30.3 Å². The van der Waals surface area contributed by atoms with Crippen molar-refractivity contribution in [3.05, 3.63) is 59.0 Å². The van der Waals surface area contributed by atoms with Crippen LogP contribution in [0.1, 0.15) is 0 Å². The third kappa shape index (κ3) is 1.93. The van der Waals surface area contributed by atoms with E-state index >= 15 is 0 Å². The number of phenolic OH excluding ortho intramolecular Hbond substituents is 2. The normalized spacial score (nSPS) is 10.7. The summed E-state index contributed by atoms with van der Waals surface area (Å²) in [6, 6.07) is 12.8. The summed E-state index contributed by atoms with van der Waals surface area (Å²) in [7, 11) is 0. The Balaban J connectivity index is 2.28. The molecule has 0 saturated heterocycles. The summed E-state index contributed by atoms with van der Waals surface area (Å²) in [6.45, 7) is 0. The highest BCUT2D eigenvalue weighted by molar-refractivity contribution is 5.85. The number of aromatic hydroxyl groups is 2. The van der Waals surface area contributed by atoms with Gasteiger partial charge in [0.05, 0.1) is 5.56 Å². The molecule has 0 atom stereocenters. The molecule has 4 nitrogen and oxygen atoms in total. The quantitative estimate of drug-likeness (QED) is 0.655. The lowest BCUT2D eigenvalue weighted by atomic mass is 10.1. The van der Waals surface area contributed by atoms with Gasteiger partial charge in [-0.05, 0) is 29.8 Å². The van der Waals surface area contributed by atoms with Crippen molar-refractivity contribution in [2.24, 2.45) is 0 Å². The summed E-state index contributed by atoms with van der Waals surface area (Å²) in [5.74, 6) is 0.0680. The third-order valence-electron chi connectivity index (χ3n) is 2.92. The maximum Gasteiger partial charge on any atom is 0.344 e. The number of rotatable bonds is 1. The number of para-hydroxylation sites is 1. The van der Waals surface area contributed by atoms with Crippen molar-refractivity contribution in [1.82, 2.24) is 0 Å². The molecule has 1 heterocycles. The van der Waals surface area contributed by atoms with Crippen molar-refractivity contribution in [1.29, 1.82) is 0 Å². The van der Waals surface area contributed by atoms with E-state index in [9.17, 15) is 15.0 Å². The first kappa shape index (κ1) is 11.3.